The fourth-order valence-corrected chi connectivity index (χ4v) is 1.92. The van der Waals surface area contributed by atoms with Gasteiger partial charge in [0.1, 0.15) is 6.07 Å². The number of nitriles is 1. The molecule has 0 fully saturated rings. The fourth-order valence-electron chi connectivity index (χ4n) is 1.76. The highest BCUT2D eigenvalue weighted by Gasteiger charge is 2.90. The van der Waals surface area contributed by atoms with Crippen LogP contribution in [0.1, 0.15) is 11.1 Å². The molecule has 0 saturated carbocycles. The smallest absolute Gasteiger partial charge is 0.194 e. The number of hydrogen-bond donors (Lipinski definition) is 0. The van der Waals surface area contributed by atoms with Gasteiger partial charge in [0.05, 0.1) is 10.6 Å². The highest BCUT2D eigenvalue weighted by Crippen LogP contribution is 2.62. The van der Waals surface area contributed by atoms with Crippen LogP contribution in [0.4, 0.5) is 57.1 Å². The lowest BCUT2D eigenvalue weighted by Crippen LogP contribution is -2.69. The van der Waals surface area contributed by atoms with E-state index < -0.39 is 51.9 Å². The van der Waals surface area contributed by atoms with E-state index in [2.05, 4.69) is 0 Å². The summed E-state index contributed by atoms with van der Waals surface area (Å²) in [6, 6.07) is 0.974. The van der Waals surface area contributed by atoms with E-state index in [-0.39, 0.29) is 12.1 Å². The summed E-state index contributed by atoms with van der Waals surface area (Å²) in [6.45, 7) is 0. The molecule has 0 atom stereocenters. The van der Waals surface area contributed by atoms with Crippen molar-refractivity contribution in [2.45, 2.75) is 35.8 Å². The van der Waals surface area contributed by atoms with Crippen LogP contribution in [0.5, 0.6) is 0 Å². The molecule has 0 aliphatic carbocycles. The second-order valence-electron chi connectivity index (χ2n) is 5.18. The Bertz CT molecular complexity index is 791. The summed E-state index contributed by atoms with van der Waals surface area (Å²) in [7, 11) is 0. The summed E-state index contributed by atoms with van der Waals surface area (Å²) in [5, 5.41) is 7.88. The van der Waals surface area contributed by atoms with Crippen molar-refractivity contribution in [3.8, 4) is 6.07 Å². The first-order valence-corrected chi connectivity index (χ1v) is 6.74. The molecule has 0 bridgehead atoms. The van der Waals surface area contributed by atoms with Crippen LogP contribution < -0.4 is 0 Å². The van der Waals surface area contributed by atoms with E-state index >= 15 is 0 Å². The maximum absolute atomic E-state index is 13.9. The SMILES string of the molecule is N#Cc1cc(C(F)(F)C(F)(F)C(F)(F)C(F)(F)C(F)(F)C(F)(F)F)ccc1Cl. The zero-order chi connectivity index (χ0) is 22.6. The van der Waals surface area contributed by atoms with Gasteiger partial charge in [-0.2, -0.15) is 62.3 Å². The third kappa shape index (κ3) is 3.13. The van der Waals surface area contributed by atoms with Crippen molar-refractivity contribution >= 4 is 11.6 Å². The molecule has 0 heterocycles. The molecule has 0 N–H and O–H groups in total. The molecule has 1 aromatic rings. The van der Waals surface area contributed by atoms with Crippen molar-refractivity contribution in [2.24, 2.45) is 0 Å². The normalized spacial score (nSPS) is 14.8. The molecule has 28 heavy (non-hydrogen) atoms. The molecule has 0 amide bonds. The third-order valence-corrected chi connectivity index (χ3v) is 3.71. The molecule has 0 aromatic heterocycles. The Morgan fingerprint density at radius 1 is 0.679 bits per heavy atom. The largest absolute Gasteiger partial charge is 0.460 e. The molecule has 0 unspecified atom stereocenters. The molecular weight excluding hydrogens is 453 g/mol. The molecule has 158 valence electrons. The molecule has 0 saturated heterocycles. The molecule has 1 nitrogen and oxygen atoms in total. The van der Waals surface area contributed by atoms with Gasteiger partial charge in [0, 0.05) is 5.56 Å². The van der Waals surface area contributed by atoms with Crippen molar-refractivity contribution in [2.75, 3.05) is 0 Å². The minimum atomic E-state index is -7.98. The van der Waals surface area contributed by atoms with Gasteiger partial charge in [0.25, 0.3) is 0 Å². The average molecular weight is 456 g/mol. The Kier molecular flexibility index (Phi) is 5.66. The van der Waals surface area contributed by atoms with E-state index in [1.54, 1.807) is 0 Å². The molecular formula is C13H3ClF13N. The van der Waals surface area contributed by atoms with E-state index in [9.17, 15) is 57.1 Å². The molecule has 1 aromatic carbocycles. The topological polar surface area (TPSA) is 23.8 Å². The van der Waals surface area contributed by atoms with Crippen LogP contribution in [0, 0.1) is 11.3 Å². The monoisotopic (exact) mass is 455 g/mol. The molecule has 0 spiro atoms. The van der Waals surface area contributed by atoms with Crippen LogP contribution in [0.2, 0.25) is 5.02 Å². The first-order valence-electron chi connectivity index (χ1n) is 6.36. The number of halogens is 14. The van der Waals surface area contributed by atoms with Crippen molar-refractivity contribution < 1.29 is 57.1 Å². The molecule has 0 aliphatic rings. The summed E-state index contributed by atoms with van der Waals surface area (Å²) in [6.07, 6.45) is -7.47. The number of hydrogen-bond acceptors (Lipinski definition) is 1. The van der Waals surface area contributed by atoms with Gasteiger partial charge in [-0.25, -0.2) is 0 Å². The van der Waals surface area contributed by atoms with E-state index in [0.717, 1.165) is 6.07 Å². The Balaban J connectivity index is 3.64. The van der Waals surface area contributed by atoms with E-state index in [4.69, 9.17) is 16.9 Å². The maximum atomic E-state index is 13.9. The lowest BCUT2D eigenvalue weighted by Gasteiger charge is -2.39. The van der Waals surface area contributed by atoms with Crippen molar-refractivity contribution in [1.82, 2.24) is 0 Å². The first kappa shape index (κ1) is 24.1. The van der Waals surface area contributed by atoms with Crippen LogP contribution in [0.3, 0.4) is 0 Å². The van der Waals surface area contributed by atoms with Gasteiger partial charge in [-0.1, -0.05) is 17.7 Å². The van der Waals surface area contributed by atoms with Gasteiger partial charge in [0.2, 0.25) is 0 Å². The van der Waals surface area contributed by atoms with Gasteiger partial charge in [-0.15, -0.1) is 0 Å². The van der Waals surface area contributed by atoms with Gasteiger partial charge in [-0.05, 0) is 12.1 Å². The second kappa shape index (κ2) is 6.57. The summed E-state index contributed by atoms with van der Waals surface area (Å²) < 4.78 is 169. The Labute approximate surface area is 151 Å². The third-order valence-electron chi connectivity index (χ3n) is 3.38. The quantitative estimate of drug-likeness (QED) is 0.471. The minimum Gasteiger partial charge on any atom is -0.194 e. The average Bonchev–Trinajstić information content (AvgIpc) is 2.53. The number of benzene rings is 1. The molecule has 1 rings (SSSR count). The van der Waals surface area contributed by atoms with Crippen molar-refractivity contribution in [1.29, 1.82) is 5.26 Å². The number of rotatable bonds is 5. The highest BCUT2D eigenvalue weighted by atomic mass is 35.5. The van der Waals surface area contributed by atoms with Crippen LogP contribution in [-0.2, 0) is 5.92 Å². The van der Waals surface area contributed by atoms with E-state index in [1.807, 2.05) is 0 Å². The molecule has 0 radical (unpaired) electrons. The summed E-state index contributed by atoms with van der Waals surface area (Å²) in [4.78, 5) is 0. The predicted molar refractivity (Wildman–Crippen MR) is 65.9 cm³/mol. The van der Waals surface area contributed by atoms with Crippen LogP contribution in [-0.4, -0.2) is 29.9 Å². The van der Waals surface area contributed by atoms with Gasteiger partial charge in [-0.3, -0.25) is 0 Å². The van der Waals surface area contributed by atoms with E-state index in [0.29, 0.717) is 6.07 Å². The number of alkyl halides is 13. The Morgan fingerprint density at radius 2 is 1.11 bits per heavy atom. The lowest BCUT2D eigenvalue weighted by atomic mass is 9.90. The van der Waals surface area contributed by atoms with Crippen LogP contribution in [0.25, 0.3) is 0 Å². The Hall–Kier alpha value is -1.91. The zero-order valence-electron chi connectivity index (χ0n) is 12.5. The fraction of sp³-hybridized carbons (Fsp3) is 0.462. The van der Waals surface area contributed by atoms with E-state index in [1.165, 1.54) is 0 Å². The van der Waals surface area contributed by atoms with Gasteiger partial charge >= 0.3 is 35.8 Å². The Morgan fingerprint density at radius 3 is 1.50 bits per heavy atom. The predicted octanol–water partition coefficient (Wildman–Crippen LogP) is 6.41. The lowest BCUT2D eigenvalue weighted by molar-refractivity contribution is -0.441. The summed E-state index contributed by atoms with van der Waals surface area (Å²) in [5.41, 5.74) is -3.28. The molecule has 15 heteroatoms. The van der Waals surface area contributed by atoms with Crippen LogP contribution >= 0.6 is 11.6 Å². The van der Waals surface area contributed by atoms with Gasteiger partial charge in [0.15, 0.2) is 0 Å². The summed E-state index contributed by atoms with van der Waals surface area (Å²) >= 11 is 5.29. The number of nitrogens with zero attached hydrogens (tertiary/aromatic N) is 1. The minimum absolute atomic E-state index is 0.132. The van der Waals surface area contributed by atoms with Crippen molar-refractivity contribution in [3.05, 3.63) is 34.3 Å². The first-order chi connectivity index (χ1) is 12.2. The molecule has 0 aliphatic heterocycles. The van der Waals surface area contributed by atoms with Gasteiger partial charge < -0.3 is 0 Å². The highest BCUT2D eigenvalue weighted by molar-refractivity contribution is 6.31. The van der Waals surface area contributed by atoms with Crippen molar-refractivity contribution in [3.63, 3.8) is 0 Å². The zero-order valence-corrected chi connectivity index (χ0v) is 13.2. The summed E-state index contributed by atoms with van der Waals surface area (Å²) in [5.74, 6) is -37.5. The second-order valence-corrected chi connectivity index (χ2v) is 5.58. The maximum Gasteiger partial charge on any atom is 0.460 e. The van der Waals surface area contributed by atoms with Crippen LogP contribution in [0.15, 0.2) is 18.2 Å². The standard InChI is InChI=1S/C13H3ClF13N/c14-7-2-1-6(3-5(7)4-28)8(15,16)9(17,18)10(19,20)11(21,22)12(23,24)13(25,26)27/h1-3H.